The molecular weight excluding hydrogens is 639 g/mol. The number of benzene rings is 3. The van der Waals surface area contributed by atoms with Crippen molar-refractivity contribution in [2.75, 3.05) is 25.1 Å². The molecule has 4 rings (SSSR count). The van der Waals surface area contributed by atoms with E-state index in [1.165, 1.54) is 12.1 Å². The molecule has 0 bridgehead atoms. The molecule has 8 nitrogen and oxygen atoms in total. The van der Waals surface area contributed by atoms with E-state index in [1.807, 2.05) is 6.08 Å². The second kappa shape index (κ2) is 16.3. The van der Waals surface area contributed by atoms with Crippen molar-refractivity contribution in [2.24, 2.45) is 0 Å². The molecule has 1 N–H and O–H groups in total. The first kappa shape index (κ1) is 36.6. The Labute approximate surface area is 282 Å². The molecule has 0 unspecified atom stereocenters. The van der Waals surface area contributed by atoms with Crippen LogP contribution >= 0.6 is 0 Å². The molecule has 0 aromatic heterocycles. The normalized spacial score (nSPS) is 13.1. The van der Waals surface area contributed by atoms with Gasteiger partial charge in [-0.15, -0.1) is 0 Å². The fourth-order valence-electron chi connectivity index (χ4n) is 5.64. The third kappa shape index (κ3) is 8.65. The van der Waals surface area contributed by atoms with Gasteiger partial charge in [0.05, 0.1) is 31.8 Å². The van der Waals surface area contributed by atoms with Gasteiger partial charge in [-0.1, -0.05) is 66.7 Å². The minimum Gasteiger partial charge on any atom is -0.465 e. The van der Waals surface area contributed by atoms with Gasteiger partial charge in [-0.2, -0.15) is 13.2 Å². The van der Waals surface area contributed by atoms with Crippen LogP contribution in [0.4, 0.5) is 18.9 Å². The lowest BCUT2D eigenvalue weighted by Gasteiger charge is -2.29. The molecule has 1 aliphatic carbocycles. The SMILES string of the molecule is CCOC(=O)C(CCOC(=O)Cc1cccc(NC(=O)C2=C(c3ccc(C(F)(F)F)cc3)C=CCC2)c1C)(C(=O)OCC)c1ccccc1. The summed E-state index contributed by atoms with van der Waals surface area (Å²) in [4.78, 5) is 53.0. The number of hydrogen-bond donors (Lipinski definition) is 1. The molecule has 1 aliphatic rings. The van der Waals surface area contributed by atoms with Gasteiger partial charge >= 0.3 is 24.1 Å². The largest absolute Gasteiger partial charge is 0.465 e. The zero-order chi connectivity index (χ0) is 35.6. The van der Waals surface area contributed by atoms with Gasteiger partial charge in [0.15, 0.2) is 5.41 Å². The van der Waals surface area contributed by atoms with E-state index in [0.717, 1.165) is 12.1 Å². The monoisotopic (exact) mass is 677 g/mol. The number of ether oxygens (including phenoxy) is 3. The Morgan fingerprint density at radius 3 is 2.06 bits per heavy atom. The van der Waals surface area contributed by atoms with Gasteiger partial charge in [-0.05, 0) is 79.6 Å². The van der Waals surface area contributed by atoms with Crippen LogP contribution < -0.4 is 5.32 Å². The lowest BCUT2D eigenvalue weighted by molar-refractivity contribution is -0.167. The summed E-state index contributed by atoms with van der Waals surface area (Å²) in [6, 6.07) is 18.1. The summed E-state index contributed by atoms with van der Waals surface area (Å²) in [5.41, 5.74) is 0.843. The highest BCUT2D eigenvalue weighted by Crippen LogP contribution is 2.34. The fourth-order valence-corrected chi connectivity index (χ4v) is 5.64. The van der Waals surface area contributed by atoms with Crippen molar-refractivity contribution >= 4 is 35.1 Å². The third-order valence-corrected chi connectivity index (χ3v) is 8.25. The summed E-state index contributed by atoms with van der Waals surface area (Å²) < 4.78 is 55.3. The third-order valence-electron chi connectivity index (χ3n) is 8.25. The fraction of sp³-hybridized carbons (Fsp3) is 0.316. The Morgan fingerprint density at radius 1 is 0.796 bits per heavy atom. The average molecular weight is 678 g/mol. The minimum absolute atomic E-state index is 0.0309. The van der Waals surface area contributed by atoms with Crippen LogP contribution in [0.3, 0.4) is 0 Å². The molecule has 3 aromatic carbocycles. The maximum absolute atomic E-state index is 13.5. The number of hydrogen-bond acceptors (Lipinski definition) is 7. The first-order valence-corrected chi connectivity index (χ1v) is 15.9. The Hall–Kier alpha value is -5.19. The van der Waals surface area contributed by atoms with E-state index in [0.29, 0.717) is 51.9 Å². The number of rotatable bonds is 13. The second-order valence-corrected chi connectivity index (χ2v) is 11.3. The van der Waals surface area contributed by atoms with E-state index >= 15 is 0 Å². The molecule has 0 atom stereocenters. The minimum atomic E-state index is -4.47. The van der Waals surface area contributed by atoms with E-state index in [2.05, 4.69) is 5.32 Å². The van der Waals surface area contributed by atoms with Gasteiger partial charge < -0.3 is 19.5 Å². The predicted octanol–water partition coefficient (Wildman–Crippen LogP) is 7.30. The zero-order valence-electron chi connectivity index (χ0n) is 27.5. The van der Waals surface area contributed by atoms with E-state index < -0.39 is 41.0 Å². The summed E-state index contributed by atoms with van der Waals surface area (Å²) in [5, 5.41) is 2.89. The van der Waals surface area contributed by atoms with Crippen LogP contribution in [-0.4, -0.2) is 43.6 Å². The van der Waals surface area contributed by atoms with Crippen LogP contribution in [0, 0.1) is 6.92 Å². The number of amides is 1. The van der Waals surface area contributed by atoms with Crippen LogP contribution in [-0.2, 0) is 51.4 Å². The lowest BCUT2D eigenvalue weighted by atomic mass is 9.77. The lowest BCUT2D eigenvalue weighted by Crippen LogP contribution is -2.47. The summed E-state index contributed by atoms with van der Waals surface area (Å²) >= 11 is 0. The first-order valence-electron chi connectivity index (χ1n) is 15.9. The Balaban J connectivity index is 1.48. The van der Waals surface area contributed by atoms with Gasteiger partial charge in [0, 0.05) is 17.7 Å². The van der Waals surface area contributed by atoms with Crippen molar-refractivity contribution < 1.29 is 46.6 Å². The molecule has 0 fully saturated rings. The first-order chi connectivity index (χ1) is 23.4. The number of carbonyl (C=O) groups is 4. The predicted molar refractivity (Wildman–Crippen MR) is 177 cm³/mol. The number of carbonyl (C=O) groups excluding carboxylic acids is 4. The van der Waals surface area contributed by atoms with E-state index in [-0.39, 0.29) is 32.7 Å². The maximum atomic E-state index is 13.5. The molecule has 1 amide bonds. The molecule has 0 spiro atoms. The van der Waals surface area contributed by atoms with Crippen LogP contribution in [0.2, 0.25) is 0 Å². The smallest absolute Gasteiger partial charge is 0.416 e. The molecule has 3 aromatic rings. The Bertz CT molecular complexity index is 1710. The number of anilines is 1. The maximum Gasteiger partial charge on any atom is 0.416 e. The molecule has 11 heteroatoms. The van der Waals surface area contributed by atoms with Gasteiger partial charge in [0.25, 0.3) is 5.91 Å². The van der Waals surface area contributed by atoms with Crippen molar-refractivity contribution in [1.82, 2.24) is 0 Å². The highest BCUT2D eigenvalue weighted by Gasteiger charge is 2.50. The quantitative estimate of drug-likeness (QED) is 0.115. The van der Waals surface area contributed by atoms with Crippen molar-refractivity contribution in [2.45, 2.75) is 58.0 Å². The molecule has 0 saturated heterocycles. The average Bonchev–Trinajstić information content (AvgIpc) is 3.08. The summed E-state index contributed by atoms with van der Waals surface area (Å²) in [7, 11) is 0. The van der Waals surface area contributed by atoms with Crippen molar-refractivity contribution in [3.8, 4) is 0 Å². The van der Waals surface area contributed by atoms with Crippen LogP contribution in [0.25, 0.3) is 5.57 Å². The number of allylic oxidation sites excluding steroid dienone is 3. The molecule has 0 radical (unpaired) electrons. The highest BCUT2D eigenvalue weighted by atomic mass is 19.4. The van der Waals surface area contributed by atoms with Crippen molar-refractivity contribution in [3.05, 3.63) is 118 Å². The van der Waals surface area contributed by atoms with Crippen LogP contribution in [0.1, 0.15) is 60.9 Å². The van der Waals surface area contributed by atoms with E-state index in [1.54, 1.807) is 75.4 Å². The van der Waals surface area contributed by atoms with Gasteiger partial charge in [-0.25, -0.2) is 0 Å². The Morgan fingerprint density at radius 2 is 1.45 bits per heavy atom. The molecule has 49 heavy (non-hydrogen) atoms. The standard InChI is InChI=1S/C38H38F3NO7/c1-4-47-35(45)37(36(46)48-5-2,28-13-7-6-8-14-28)22-23-49-33(43)24-27-12-11-17-32(25(27)3)42-34(44)31-16-10-9-15-30(31)26-18-20-29(21-19-26)38(39,40)41/h6-9,11-15,17-21H,4-5,10,16,22-24H2,1-3H3,(H,42,44). The number of nitrogens with one attached hydrogen (secondary N) is 1. The van der Waals surface area contributed by atoms with E-state index in [4.69, 9.17) is 14.2 Å². The van der Waals surface area contributed by atoms with E-state index in [9.17, 15) is 32.3 Å². The molecule has 258 valence electrons. The molecular formula is C38H38F3NO7. The van der Waals surface area contributed by atoms with Crippen molar-refractivity contribution in [3.63, 3.8) is 0 Å². The number of halogens is 3. The molecule has 0 aliphatic heterocycles. The summed E-state index contributed by atoms with van der Waals surface area (Å²) in [6.07, 6.45) is -0.249. The number of alkyl halides is 3. The second-order valence-electron chi connectivity index (χ2n) is 11.3. The topological polar surface area (TPSA) is 108 Å². The highest BCUT2D eigenvalue weighted by molar-refractivity contribution is 6.11. The zero-order valence-corrected chi connectivity index (χ0v) is 27.5. The van der Waals surface area contributed by atoms with Gasteiger partial charge in [-0.3, -0.25) is 19.2 Å². The van der Waals surface area contributed by atoms with Crippen LogP contribution in [0.15, 0.2) is 90.5 Å². The number of esters is 3. The van der Waals surface area contributed by atoms with Crippen molar-refractivity contribution in [1.29, 1.82) is 0 Å². The Kier molecular flexibility index (Phi) is 12.2. The molecule has 0 heterocycles. The summed E-state index contributed by atoms with van der Waals surface area (Å²) in [6.45, 7) is 4.77. The van der Waals surface area contributed by atoms with Crippen LogP contribution in [0.5, 0.6) is 0 Å². The summed E-state index contributed by atoms with van der Waals surface area (Å²) in [5.74, 6) is -2.64. The van der Waals surface area contributed by atoms with Gasteiger partial charge in [0.2, 0.25) is 0 Å². The molecule has 0 saturated carbocycles. The van der Waals surface area contributed by atoms with Gasteiger partial charge in [0.1, 0.15) is 0 Å².